The Kier molecular flexibility index (Phi) is 5.83. The molecular weight excluding hydrogens is 236 g/mol. The minimum Gasteiger partial charge on any atom is -0.394 e. The largest absolute Gasteiger partial charge is 0.394 e. The average Bonchev–Trinajstić information content (AvgIpc) is 2.38. The molecule has 1 aromatic rings. The van der Waals surface area contributed by atoms with Crippen molar-refractivity contribution < 1.29 is 5.11 Å². The van der Waals surface area contributed by atoms with Gasteiger partial charge in [-0.3, -0.25) is 0 Å². The molecule has 0 heterocycles. The number of rotatable bonds is 7. The second kappa shape index (κ2) is 6.92. The van der Waals surface area contributed by atoms with Crippen LogP contribution in [0.2, 0.25) is 0 Å². The molecule has 1 unspecified atom stereocenters. The van der Waals surface area contributed by atoms with Crippen molar-refractivity contribution in [2.75, 3.05) is 25.1 Å². The van der Waals surface area contributed by atoms with Crippen molar-refractivity contribution in [3.63, 3.8) is 0 Å². The molecule has 3 nitrogen and oxygen atoms in total. The number of nitrogens with zero attached hydrogens (tertiary/aromatic N) is 1. The lowest BCUT2D eigenvalue weighted by Crippen LogP contribution is -2.43. The van der Waals surface area contributed by atoms with E-state index in [2.05, 4.69) is 44.0 Å². The van der Waals surface area contributed by atoms with Crippen LogP contribution in [0.3, 0.4) is 0 Å². The van der Waals surface area contributed by atoms with Gasteiger partial charge in [0.2, 0.25) is 0 Å². The standard InChI is InChI=1S/C16H28N2O/c1-5-16(17,12-19)9-6-10-18(4)15-8-7-13(2)11-14(15)3/h7-8,11,19H,5-6,9-10,12,17H2,1-4H3. The Hall–Kier alpha value is -1.06. The highest BCUT2D eigenvalue weighted by Crippen LogP contribution is 2.21. The maximum absolute atomic E-state index is 9.30. The fourth-order valence-electron chi connectivity index (χ4n) is 2.39. The molecular formula is C16H28N2O. The van der Waals surface area contributed by atoms with E-state index in [4.69, 9.17) is 5.73 Å². The quantitative estimate of drug-likeness (QED) is 0.796. The van der Waals surface area contributed by atoms with Gasteiger partial charge in [-0.25, -0.2) is 0 Å². The summed E-state index contributed by atoms with van der Waals surface area (Å²) in [6.07, 6.45) is 2.67. The zero-order chi connectivity index (χ0) is 14.5. The molecule has 3 N–H and O–H groups in total. The maximum Gasteiger partial charge on any atom is 0.0611 e. The van der Waals surface area contributed by atoms with E-state index >= 15 is 0 Å². The summed E-state index contributed by atoms with van der Waals surface area (Å²) in [6, 6.07) is 6.52. The molecule has 1 aromatic carbocycles. The van der Waals surface area contributed by atoms with Crippen molar-refractivity contribution in [1.29, 1.82) is 0 Å². The molecule has 0 saturated carbocycles. The van der Waals surface area contributed by atoms with Crippen LogP contribution in [0.1, 0.15) is 37.3 Å². The van der Waals surface area contributed by atoms with Crippen LogP contribution in [-0.2, 0) is 0 Å². The zero-order valence-electron chi connectivity index (χ0n) is 12.7. The average molecular weight is 264 g/mol. The fraction of sp³-hybridized carbons (Fsp3) is 0.625. The van der Waals surface area contributed by atoms with Crippen molar-refractivity contribution >= 4 is 5.69 Å². The van der Waals surface area contributed by atoms with E-state index in [1.54, 1.807) is 0 Å². The Morgan fingerprint density at radius 2 is 2.00 bits per heavy atom. The van der Waals surface area contributed by atoms with Gasteiger partial charge in [-0.15, -0.1) is 0 Å². The summed E-state index contributed by atoms with van der Waals surface area (Å²) >= 11 is 0. The van der Waals surface area contributed by atoms with Crippen molar-refractivity contribution in [3.8, 4) is 0 Å². The number of aryl methyl sites for hydroxylation is 2. The molecule has 1 atom stereocenters. The summed E-state index contributed by atoms with van der Waals surface area (Å²) < 4.78 is 0. The molecule has 19 heavy (non-hydrogen) atoms. The number of aliphatic hydroxyl groups is 1. The lowest BCUT2D eigenvalue weighted by molar-refractivity contribution is 0.181. The summed E-state index contributed by atoms with van der Waals surface area (Å²) in [5, 5.41) is 9.30. The highest BCUT2D eigenvalue weighted by molar-refractivity contribution is 5.53. The van der Waals surface area contributed by atoms with Gasteiger partial charge in [0, 0.05) is 24.8 Å². The van der Waals surface area contributed by atoms with Gasteiger partial charge < -0.3 is 15.7 Å². The second-order valence-corrected chi connectivity index (χ2v) is 5.69. The number of hydrogen-bond acceptors (Lipinski definition) is 3. The first kappa shape index (κ1) is 16.0. The SMILES string of the molecule is CCC(N)(CO)CCCN(C)c1ccc(C)cc1C. The fourth-order valence-corrected chi connectivity index (χ4v) is 2.39. The maximum atomic E-state index is 9.30. The van der Waals surface area contributed by atoms with E-state index in [1.807, 2.05) is 6.92 Å². The monoisotopic (exact) mass is 264 g/mol. The van der Waals surface area contributed by atoms with Crippen molar-refractivity contribution in [2.45, 2.75) is 45.6 Å². The third-order valence-electron chi connectivity index (χ3n) is 3.95. The lowest BCUT2D eigenvalue weighted by Gasteiger charge is -2.28. The molecule has 0 aromatic heterocycles. The van der Waals surface area contributed by atoms with Gasteiger partial charge in [0.05, 0.1) is 6.61 Å². The minimum atomic E-state index is -0.414. The smallest absolute Gasteiger partial charge is 0.0611 e. The van der Waals surface area contributed by atoms with E-state index in [9.17, 15) is 5.11 Å². The molecule has 0 amide bonds. The molecule has 0 aliphatic heterocycles. The Labute approximate surface area is 117 Å². The molecule has 108 valence electrons. The molecule has 0 bridgehead atoms. The number of aliphatic hydroxyl groups excluding tert-OH is 1. The number of benzene rings is 1. The van der Waals surface area contributed by atoms with E-state index in [0.717, 1.165) is 25.8 Å². The van der Waals surface area contributed by atoms with Crippen LogP contribution in [0.25, 0.3) is 0 Å². The molecule has 0 fully saturated rings. The topological polar surface area (TPSA) is 49.5 Å². The van der Waals surface area contributed by atoms with Crippen LogP contribution in [0.15, 0.2) is 18.2 Å². The van der Waals surface area contributed by atoms with Crippen molar-refractivity contribution in [1.82, 2.24) is 0 Å². The van der Waals surface area contributed by atoms with Crippen LogP contribution in [0, 0.1) is 13.8 Å². The van der Waals surface area contributed by atoms with Gasteiger partial charge in [0.1, 0.15) is 0 Å². The highest BCUT2D eigenvalue weighted by Gasteiger charge is 2.21. The molecule has 0 aliphatic carbocycles. The molecule has 1 rings (SSSR count). The lowest BCUT2D eigenvalue weighted by atomic mass is 9.92. The van der Waals surface area contributed by atoms with Gasteiger partial charge in [-0.05, 0) is 44.7 Å². The third kappa shape index (κ3) is 4.51. The van der Waals surface area contributed by atoms with Gasteiger partial charge in [0.15, 0.2) is 0 Å². The van der Waals surface area contributed by atoms with Crippen molar-refractivity contribution in [3.05, 3.63) is 29.3 Å². The molecule has 0 saturated heterocycles. The second-order valence-electron chi connectivity index (χ2n) is 5.69. The van der Waals surface area contributed by atoms with E-state index in [0.29, 0.717) is 0 Å². The molecule has 0 spiro atoms. The van der Waals surface area contributed by atoms with Crippen LogP contribution in [0.4, 0.5) is 5.69 Å². The molecule has 3 heteroatoms. The molecule has 0 aliphatic rings. The minimum absolute atomic E-state index is 0.0662. The molecule has 0 radical (unpaired) electrons. The van der Waals surface area contributed by atoms with Crippen LogP contribution in [-0.4, -0.2) is 30.8 Å². The van der Waals surface area contributed by atoms with Crippen LogP contribution in [0.5, 0.6) is 0 Å². The Morgan fingerprint density at radius 1 is 1.32 bits per heavy atom. The summed E-state index contributed by atoms with van der Waals surface area (Å²) in [5.41, 5.74) is 9.56. The number of nitrogens with two attached hydrogens (primary N) is 1. The predicted octanol–water partition coefficient (Wildman–Crippen LogP) is 2.62. The zero-order valence-corrected chi connectivity index (χ0v) is 12.7. The van der Waals surface area contributed by atoms with Gasteiger partial charge in [-0.1, -0.05) is 24.6 Å². The first-order valence-corrected chi connectivity index (χ1v) is 7.10. The first-order chi connectivity index (χ1) is 8.91. The van der Waals surface area contributed by atoms with Gasteiger partial charge in [-0.2, -0.15) is 0 Å². The summed E-state index contributed by atoms with van der Waals surface area (Å²) in [6.45, 7) is 7.32. The summed E-state index contributed by atoms with van der Waals surface area (Å²) in [4.78, 5) is 2.27. The van der Waals surface area contributed by atoms with Gasteiger partial charge >= 0.3 is 0 Å². The van der Waals surface area contributed by atoms with Crippen molar-refractivity contribution in [2.24, 2.45) is 5.73 Å². The van der Waals surface area contributed by atoms with Crippen LogP contribution < -0.4 is 10.6 Å². The predicted molar refractivity (Wildman–Crippen MR) is 82.7 cm³/mol. The highest BCUT2D eigenvalue weighted by atomic mass is 16.3. The van der Waals surface area contributed by atoms with E-state index in [1.165, 1.54) is 16.8 Å². The van der Waals surface area contributed by atoms with E-state index in [-0.39, 0.29) is 6.61 Å². The number of anilines is 1. The Morgan fingerprint density at radius 3 is 2.53 bits per heavy atom. The Bertz CT molecular complexity index is 400. The number of hydrogen-bond donors (Lipinski definition) is 2. The summed E-state index contributed by atoms with van der Waals surface area (Å²) in [7, 11) is 2.11. The summed E-state index contributed by atoms with van der Waals surface area (Å²) in [5.74, 6) is 0. The van der Waals surface area contributed by atoms with E-state index < -0.39 is 5.54 Å². The third-order valence-corrected chi connectivity index (χ3v) is 3.95. The first-order valence-electron chi connectivity index (χ1n) is 7.10. The van der Waals surface area contributed by atoms with Gasteiger partial charge in [0.25, 0.3) is 0 Å². The Balaban J connectivity index is 2.54. The normalized spacial score (nSPS) is 14.2. The van der Waals surface area contributed by atoms with Crippen LogP contribution >= 0.6 is 0 Å².